The Balaban J connectivity index is 3.22. The highest BCUT2D eigenvalue weighted by Gasteiger charge is 2.14. The lowest BCUT2D eigenvalue weighted by Gasteiger charge is -2.10. The highest BCUT2D eigenvalue weighted by Crippen LogP contribution is 2.28. The van der Waals surface area contributed by atoms with Crippen LogP contribution in [0.2, 0.25) is 0 Å². The summed E-state index contributed by atoms with van der Waals surface area (Å²) >= 11 is 3.18. The van der Waals surface area contributed by atoms with E-state index in [-0.39, 0.29) is 17.1 Å². The topological polar surface area (TPSA) is 26.3 Å². The van der Waals surface area contributed by atoms with E-state index in [2.05, 4.69) is 20.7 Å². The van der Waals surface area contributed by atoms with Crippen LogP contribution in [0.25, 0.3) is 0 Å². The van der Waals surface area contributed by atoms with Gasteiger partial charge >= 0.3 is 6.61 Å². The van der Waals surface area contributed by atoms with Gasteiger partial charge in [0.15, 0.2) is 5.78 Å². The molecule has 1 rings (SSSR count). The molecule has 1 aromatic rings. The summed E-state index contributed by atoms with van der Waals surface area (Å²) in [5, 5.41) is 0. The van der Waals surface area contributed by atoms with Crippen LogP contribution in [0.4, 0.5) is 8.78 Å². The van der Waals surface area contributed by atoms with Gasteiger partial charge in [0, 0.05) is 4.47 Å². The Hall–Kier alpha value is -0.970. The van der Waals surface area contributed by atoms with Crippen molar-refractivity contribution in [2.45, 2.75) is 20.5 Å². The monoisotopic (exact) mass is 278 g/mol. The van der Waals surface area contributed by atoms with Crippen molar-refractivity contribution in [1.29, 1.82) is 0 Å². The summed E-state index contributed by atoms with van der Waals surface area (Å²) in [4.78, 5) is 11.2. The quantitative estimate of drug-likeness (QED) is 0.791. The van der Waals surface area contributed by atoms with Gasteiger partial charge in [-0.25, -0.2) is 0 Å². The second kappa shape index (κ2) is 4.70. The second-order valence-corrected chi connectivity index (χ2v) is 3.89. The lowest BCUT2D eigenvalue weighted by molar-refractivity contribution is -0.0501. The highest BCUT2D eigenvalue weighted by atomic mass is 79.9. The van der Waals surface area contributed by atoms with Crippen molar-refractivity contribution in [3.63, 3.8) is 0 Å². The lowest BCUT2D eigenvalue weighted by atomic mass is 10.1. The van der Waals surface area contributed by atoms with Crippen LogP contribution < -0.4 is 4.74 Å². The van der Waals surface area contributed by atoms with Gasteiger partial charge in [0.2, 0.25) is 0 Å². The fourth-order valence-electron chi connectivity index (χ4n) is 1.13. The first-order valence-corrected chi connectivity index (χ1v) is 4.97. The molecule has 0 spiro atoms. The molecule has 0 aliphatic rings. The van der Waals surface area contributed by atoms with Crippen LogP contribution in [-0.2, 0) is 0 Å². The third-order valence-electron chi connectivity index (χ3n) is 1.86. The average molecular weight is 279 g/mol. The smallest absolute Gasteiger partial charge is 0.387 e. The summed E-state index contributed by atoms with van der Waals surface area (Å²) in [5.41, 5.74) is 0.956. The fraction of sp³-hybridized carbons (Fsp3) is 0.300. The van der Waals surface area contributed by atoms with Crippen molar-refractivity contribution in [3.8, 4) is 5.75 Å². The molecule has 0 saturated carbocycles. The average Bonchev–Trinajstić information content (AvgIpc) is 2.09. The summed E-state index contributed by atoms with van der Waals surface area (Å²) in [6, 6.07) is 2.89. The Morgan fingerprint density at radius 3 is 2.53 bits per heavy atom. The van der Waals surface area contributed by atoms with Gasteiger partial charge in [-0.1, -0.05) is 15.9 Å². The molecule has 0 aliphatic heterocycles. The van der Waals surface area contributed by atoms with Crippen molar-refractivity contribution < 1.29 is 18.3 Å². The third kappa shape index (κ3) is 2.99. The van der Waals surface area contributed by atoms with E-state index in [9.17, 15) is 13.6 Å². The van der Waals surface area contributed by atoms with Crippen molar-refractivity contribution in [2.75, 3.05) is 0 Å². The van der Waals surface area contributed by atoms with Gasteiger partial charge in [0.25, 0.3) is 0 Å². The third-order valence-corrected chi connectivity index (χ3v) is 2.71. The van der Waals surface area contributed by atoms with Gasteiger partial charge in [0.1, 0.15) is 5.75 Å². The van der Waals surface area contributed by atoms with Crippen molar-refractivity contribution in [1.82, 2.24) is 0 Å². The SMILES string of the molecule is CC(=O)c1cc(C)c(Br)cc1OC(F)F. The zero-order valence-corrected chi connectivity index (χ0v) is 9.77. The van der Waals surface area contributed by atoms with Crippen LogP contribution in [0.5, 0.6) is 5.75 Å². The summed E-state index contributed by atoms with van der Waals surface area (Å²) in [6.45, 7) is 0.140. The van der Waals surface area contributed by atoms with E-state index in [0.29, 0.717) is 4.47 Å². The number of hydrogen-bond acceptors (Lipinski definition) is 2. The molecule has 0 saturated heterocycles. The molecule has 0 atom stereocenters. The maximum absolute atomic E-state index is 12.0. The van der Waals surface area contributed by atoms with Gasteiger partial charge in [-0.3, -0.25) is 4.79 Å². The number of benzene rings is 1. The number of carbonyl (C=O) groups is 1. The number of alkyl halides is 2. The first kappa shape index (κ1) is 12.1. The van der Waals surface area contributed by atoms with Crippen molar-refractivity contribution in [3.05, 3.63) is 27.7 Å². The maximum Gasteiger partial charge on any atom is 0.387 e. The Morgan fingerprint density at radius 1 is 1.47 bits per heavy atom. The Morgan fingerprint density at radius 2 is 2.07 bits per heavy atom. The molecule has 15 heavy (non-hydrogen) atoms. The Labute approximate surface area is 94.4 Å². The second-order valence-electron chi connectivity index (χ2n) is 3.03. The normalized spacial score (nSPS) is 10.5. The minimum Gasteiger partial charge on any atom is -0.434 e. The summed E-state index contributed by atoms with van der Waals surface area (Å²) in [5.74, 6) is -0.406. The first-order chi connectivity index (χ1) is 6.91. The summed E-state index contributed by atoms with van der Waals surface area (Å²) < 4.78 is 29.0. The number of rotatable bonds is 3. The molecule has 0 aromatic heterocycles. The molecule has 0 fully saturated rings. The molecule has 0 N–H and O–H groups in total. The van der Waals surface area contributed by atoms with Gasteiger partial charge in [0.05, 0.1) is 5.56 Å². The van der Waals surface area contributed by atoms with Crippen LogP contribution in [0.15, 0.2) is 16.6 Å². The number of ketones is 1. The van der Waals surface area contributed by atoms with Crippen LogP contribution in [0.1, 0.15) is 22.8 Å². The molecule has 0 bridgehead atoms. The van der Waals surface area contributed by atoms with Crippen LogP contribution in [0, 0.1) is 6.92 Å². The molecular weight excluding hydrogens is 270 g/mol. The number of ether oxygens (including phenoxy) is 1. The van der Waals surface area contributed by atoms with Gasteiger partial charge in [-0.05, 0) is 31.5 Å². The molecule has 0 radical (unpaired) electrons. The predicted octanol–water partition coefficient (Wildman–Crippen LogP) is 3.56. The molecule has 5 heteroatoms. The van der Waals surface area contributed by atoms with E-state index in [1.165, 1.54) is 19.1 Å². The zero-order valence-electron chi connectivity index (χ0n) is 8.18. The number of hydrogen-bond donors (Lipinski definition) is 0. The molecular formula is C10H9BrF2O2. The van der Waals surface area contributed by atoms with Crippen LogP contribution in [0.3, 0.4) is 0 Å². The molecule has 0 heterocycles. The first-order valence-electron chi connectivity index (χ1n) is 4.17. The number of halogens is 3. The number of aryl methyl sites for hydroxylation is 1. The highest BCUT2D eigenvalue weighted by molar-refractivity contribution is 9.10. The molecule has 0 aliphatic carbocycles. The maximum atomic E-state index is 12.0. The Kier molecular flexibility index (Phi) is 3.79. The van der Waals surface area contributed by atoms with E-state index in [1.807, 2.05) is 0 Å². The van der Waals surface area contributed by atoms with E-state index < -0.39 is 6.61 Å². The number of Topliss-reactive ketones (excluding diaryl/α,β-unsaturated/α-hetero) is 1. The van der Waals surface area contributed by atoms with Gasteiger partial charge < -0.3 is 4.74 Å². The predicted molar refractivity (Wildman–Crippen MR) is 55.5 cm³/mol. The largest absolute Gasteiger partial charge is 0.434 e. The van der Waals surface area contributed by atoms with Gasteiger partial charge in [-0.2, -0.15) is 8.78 Å². The standard InChI is InChI=1S/C10H9BrF2O2/c1-5-3-7(6(2)14)9(4-8(5)11)15-10(12)13/h3-4,10H,1-2H3. The minimum absolute atomic E-state index is 0.102. The molecule has 2 nitrogen and oxygen atoms in total. The molecule has 82 valence electrons. The molecule has 1 aromatic carbocycles. The van der Waals surface area contributed by atoms with E-state index in [1.54, 1.807) is 6.92 Å². The van der Waals surface area contributed by atoms with Crippen molar-refractivity contribution >= 4 is 21.7 Å². The van der Waals surface area contributed by atoms with E-state index in [0.717, 1.165) is 5.56 Å². The fourth-order valence-corrected chi connectivity index (χ4v) is 1.45. The lowest BCUT2D eigenvalue weighted by Crippen LogP contribution is -2.07. The van der Waals surface area contributed by atoms with E-state index in [4.69, 9.17) is 0 Å². The van der Waals surface area contributed by atoms with E-state index >= 15 is 0 Å². The van der Waals surface area contributed by atoms with Crippen LogP contribution in [-0.4, -0.2) is 12.4 Å². The molecule has 0 unspecified atom stereocenters. The van der Waals surface area contributed by atoms with Crippen molar-refractivity contribution in [2.24, 2.45) is 0 Å². The molecule has 0 amide bonds. The zero-order chi connectivity index (χ0) is 11.6. The number of carbonyl (C=O) groups excluding carboxylic acids is 1. The minimum atomic E-state index is -2.93. The van der Waals surface area contributed by atoms with Gasteiger partial charge in [-0.15, -0.1) is 0 Å². The Bertz CT molecular complexity index is 391. The summed E-state index contributed by atoms with van der Waals surface area (Å²) in [7, 11) is 0. The van der Waals surface area contributed by atoms with Crippen LogP contribution >= 0.6 is 15.9 Å². The summed E-state index contributed by atoms with van der Waals surface area (Å²) in [6.07, 6.45) is 0.